The predicted octanol–water partition coefficient (Wildman–Crippen LogP) is 3.96. The van der Waals surface area contributed by atoms with E-state index in [9.17, 15) is 17.8 Å². The number of benzene rings is 2. The molecule has 0 spiro atoms. The number of carbonyl (C=O) groups is 1. The first-order valence-corrected chi connectivity index (χ1v) is 14.0. The molecule has 1 aromatic heterocycles. The standard InChI is InChI=1S/C22H25N4O5PS/c1-4-31-32(3,28)14-33(29,30)18-11-9-17(10-12-18)25-22(27)20-21(23)24-13-19(26-20)16-7-5-15(2)6-8-16/h5-13H,4,14H2,1-3H3,(H2,23,24)(H,25,27). The third-order valence-electron chi connectivity index (χ3n) is 4.64. The van der Waals surface area contributed by atoms with Crippen LogP contribution in [0.5, 0.6) is 0 Å². The smallest absolute Gasteiger partial charge is 0.278 e. The lowest BCUT2D eigenvalue weighted by Crippen LogP contribution is -2.17. The molecular formula is C22H25N4O5PS. The number of aromatic nitrogens is 2. The molecule has 0 saturated carbocycles. The minimum Gasteiger partial charge on any atom is -0.382 e. The van der Waals surface area contributed by atoms with Crippen LogP contribution in [-0.2, 0) is 18.9 Å². The van der Waals surface area contributed by atoms with Gasteiger partial charge in [-0.15, -0.1) is 0 Å². The molecule has 11 heteroatoms. The van der Waals surface area contributed by atoms with Gasteiger partial charge in [0.25, 0.3) is 5.91 Å². The van der Waals surface area contributed by atoms with Crippen molar-refractivity contribution in [1.29, 1.82) is 0 Å². The van der Waals surface area contributed by atoms with Crippen LogP contribution in [0.4, 0.5) is 11.5 Å². The highest BCUT2D eigenvalue weighted by molar-refractivity contribution is 7.98. The largest absolute Gasteiger partial charge is 0.382 e. The minimum absolute atomic E-state index is 0.0250. The number of nitrogens with two attached hydrogens (primary N) is 1. The van der Waals surface area contributed by atoms with E-state index in [1.54, 1.807) is 6.92 Å². The van der Waals surface area contributed by atoms with E-state index in [-0.39, 0.29) is 23.0 Å². The van der Waals surface area contributed by atoms with Gasteiger partial charge in [0.2, 0.25) is 7.37 Å². The summed E-state index contributed by atoms with van der Waals surface area (Å²) in [5.74, 6) is -0.615. The number of hydrogen-bond acceptors (Lipinski definition) is 8. The first-order valence-electron chi connectivity index (χ1n) is 10.1. The number of nitrogen functional groups attached to an aromatic ring is 1. The lowest BCUT2D eigenvalue weighted by molar-refractivity contribution is 0.102. The molecule has 0 radical (unpaired) electrons. The average Bonchev–Trinajstić information content (AvgIpc) is 2.74. The summed E-state index contributed by atoms with van der Waals surface area (Å²) in [4.78, 5) is 21.1. The van der Waals surface area contributed by atoms with Crippen molar-refractivity contribution in [2.75, 3.05) is 29.8 Å². The third-order valence-corrected chi connectivity index (χ3v) is 9.67. The highest BCUT2D eigenvalue weighted by atomic mass is 32.2. The van der Waals surface area contributed by atoms with Crippen LogP contribution in [0.2, 0.25) is 0 Å². The molecule has 0 aliphatic heterocycles. The van der Waals surface area contributed by atoms with Gasteiger partial charge in [0.1, 0.15) is 5.49 Å². The minimum atomic E-state index is -3.83. The average molecular weight is 489 g/mol. The van der Waals surface area contributed by atoms with Crippen molar-refractivity contribution >= 4 is 34.6 Å². The lowest BCUT2D eigenvalue weighted by Gasteiger charge is -2.13. The van der Waals surface area contributed by atoms with Crippen LogP contribution in [0, 0.1) is 6.92 Å². The molecule has 1 unspecified atom stereocenters. The summed E-state index contributed by atoms with van der Waals surface area (Å²) in [5.41, 5.74) is 7.92. The van der Waals surface area contributed by atoms with E-state index in [1.807, 2.05) is 31.2 Å². The predicted molar refractivity (Wildman–Crippen MR) is 128 cm³/mol. The van der Waals surface area contributed by atoms with E-state index in [2.05, 4.69) is 15.3 Å². The number of amides is 1. The summed E-state index contributed by atoms with van der Waals surface area (Å²) >= 11 is 0. The van der Waals surface area contributed by atoms with E-state index in [1.165, 1.54) is 37.1 Å². The fourth-order valence-electron chi connectivity index (χ4n) is 3.06. The fraction of sp³-hybridized carbons (Fsp3) is 0.227. The van der Waals surface area contributed by atoms with Gasteiger partial charge in [-0.2, -0.15) is 0 Å². The van der Waals surface area contributed by atoms with Gasteiger partial charge in [-0.1, -0.05) is 29.8 Å². The third kappa shape index (κ3) is 6.25. The molecule has 2 aromatic carbocycles. The van der Waals surface area contributed by atoms with Gasteiger partial charge in [0.15, 0.2) is 21.3 Å². The molecule has 33 heavy (non-hydrogen) atoms. The van der Waals surface area contributed by atoms with Gasteiger partial charge in [0, 0.05) is 17.9 Å². The molecule has 174 valence electrons. The van der Waals surface area contributed by atoms with Crippen molar-refractivity contribution in [1.82, 2.24) is 9.97 Å². The number of nitrogens with one attached hydrogen (secondary N) is 1. The maximum atomic E-state index is 12.7. The second kappa shape index (κ2) is 9.82. The number of carbonyl (C=O) groups excluding carboxylic acids is 1. The molecule has 0 bridgehead atoms. The molecule has 3 N–H and O–H groups in total. The summed E-state index contributed by atoms with van der Waals surface area (Å²) < 4.78 is 42.4. The Labute approximate surface area is 192 Å². The topological polar surface area (TPSA) is 141 Å². The van der Waals surface area contributed by atoms with Gasteiger partial charge in [-0.05, 0) is 38.1 Å². The van der Waals surface area contributed by atoms with Crippen molar-refractivity contribution in [3.05, 3.63) is 66.0 Å². The van der Waals surface area contributed by atoms with Crippen molar-refractivity contribution < 1.29 is 22.3 Å². The number of nitrogens with zero attached hydrogens (tertiary/aromatic N) is 2. The van der Waals surface area contributed by atoms with Gasteiger partial charge in [-0.25, -0.2) is 18.4 Å². The maximum Gasteiger partial charge on any atom is 0.278 e. The Morgan fingerprint density at radius 2 is 1.76 bits per heavy atom. The van der Waals surface area contributed by atoms with E-state index in [0.29, 0.717) is 11.4 Å². The maximum absolute atomic E-state index is 12.7. The van der Waals surface area contributed by atoms with Gasteiger partial charge < -0.3 is 15.6 Å². The Hall–Kier alpha value is -3.07. The van der Waals surface area contributed by atoms with E-state index < -0.39 is 28.6 Å². The zero-order chi connectivity index (χ0) is 24.2. The lowest BCUT2D eigenvalue weighted by atomic mass is 10.1. The summed E-state index contributed by atoms with van der Waals surface area (Å²) in [6.45, 7) is 5.06. The fourth-order valence-corrected chi connectivity index (χ4v) is 7.52. The van der Waals surface area contributed by atoms with Gasteiger partial charge >= 0.3 is 0 Å². The molecule has 1 amide bonds. The molecule has 0 saturated heterocycles. The number of hydrogen-bond donors (Lipinski definition) is 2. The first kappa shape index (κ1) is 24.6. The zero-order valence-electron chi connectivity index (χ0n) is 18.5. The summed E-state index contributed by atoms with van der Waals surface area (Å²) in [7, 11) is -7.11. The van der Waals surface area contributed by atoms with Crippen LogP contribution in [0.25, 0.3) is 11.3 Å². The Balaban J connectivity index is 1.78. The van der Waals surface area contributed by atoms with E-state index in [4.69, 9.17) is 10.3 Å². The molecule has 1 atom stereocenters. The highest BCUT2D eigenvalue weighted by Gasteiger charge is 2.27. The van der Waals surface area contributed by atoms with Gasteiger partial charge in [0.05, 0.1) is 23.4 Å². The Morgan fingerprint density at radius 3 is 2.36 bits per heavy atom. The van der Waals surface area contributed by atoms with E-state index in [0.717, 1.165) is 11.1 Å². The van der Waals surface area contributed by atoms with Crippen LogP contribution in [-0.4, -0.2) is 43.1 Å². The molecule has 3 rings (SSSR count). The van der Waals surface area contributed by atoms with Crippen molar-refractivity contribution in [3.63, 3.8) is 0 Å². The first-order chi connectivity index (χ1) is 15.5. The molecule has 0 aliphatic carbocycles. The summed E-state index contributed by atoms with van der Waals surface area (Å²) in [6, 6.07) is 13.1. The molecule has 1 heterocycles. The number of anilines is 2. The van der Waals surface area contributed by atoms with Crippen molar-refractivity contribution in [2.45, 2.75) is 18.7 Å². The SMILES string of the molecule is CCOP(C)(=O)CS(=O)(=O)c1ccc(NC(=O)c2nc(-c3ccc(C)cc3)cnc2N)cc1. The van der Waals surface area contributed by atoms with Gasteiger partial charge in [-0.3, -0.25) is 9.36 Å². The zero-order valence-corrected chi connectivity index (χ0v) is 20.2. The monoisotopic (exact) mass is 488 g/mol. The van der Waals surface area contributed by atoms with Crippen molar-refractivity contribution in [2.24, 2.45) is 0 Å². The Kier molecular flexibility index (Phi) is 7.31. The number of sulfone groups is 1. The number of rotatable bonds is 8. The second-order valence-electron chi connectivity index (χ2n) is 7.51. The number of aryl methyl sites for hydroxylation is 1. The van der Waals surface area contributed by atoms with E-state index >= 15 is 0 Å². The van der Waals surface area contributed by atoms with Crippen LogP contribution in [0.15, 0.2) is 59.6 Å². The van der Waals surface area contributed by atoms with Crippen LogP contribution in [0.1, 0.15) is 23.0 Å². The Bertz CT molecular complexity index is 1310. The molecule has 3 aromatic rings. The Morgan fingerprint density at radius 1 is 1.12 bits per heavy atom. The van der Waals surface area contributed by atoms with Crippen LogP contribution >= 0.6 is 7.37 Å². The normalized spacial score (nSPS) is 13.3. The molecular weight excluding hydrogens is 463 g/mol. The van der Waals surface area contributed by atoms with Crippen LogP contribution in [0.3, 0.4) is 0 Å². The van der Waals surface area contributed by atoms with Crippen molar-refractivity contribution in [3.8, 4) is 11.3 Å². The second-order valence-corrected chi connectivity index (χ2v) is 12.5. The summed E-state index contributed by atoms with van der Waals surface area (Å²) in [6.07, 6.45) is 1.49. The summed E-state index contributed by atoms with van der Waals surface area (Å²) in [5, 5.41) is 2.64. The molecule has 0 aliphatic rings. The van der Waals surface area contributed by atoms with Crippen LogP contribution < -0.4 is 11.1 Å². The molecule has 9 nitrogen and oxygen atoms in total. The highest BCUT2D eigenvalue weighted by Crippen LogP contribution is 2.44. The molecule has 0 fully saturated rings. The quantitative estimate of drug-likeness (QED) is 0.454.